The van der Waals surface area contributed by atoms with E-state index in [0.717, 1.165) is 0 Å². The first-order chi connectivity index (χ1) is 8.19. The van der Waals surface area contributed by atoms with Gasteiger partial charge in [-0.3, -0.25) is 0 Å². The third kappa shape index (κ3) is 3.57. The lowest BCUT2D eigenvalue weighted by Gasteiger charge is -2.27. The summed E-state index contributed by atoms with van der Waals surface area (Å²) in [6.07, 6.45) is -0.456. The van der Waals surface area contributed by atoms with Crippen molar-refractivity contribution in [3.05, 3.63) is 23.8 Å². The summed E-state index contributed by atoms with van der Waals surface area (Å²) in [6.45, 7) is 3.13. The number of hydrogen-bond acceptors (Lipinski definition) is 3. The van der Waals surface area contributed by atoms with Crippen molar-refractivity contribution in [1.82, 2.24) is 0 Å². The van der Waals surface area contributed by atoms with Gasteiger partial charge in [0.15, 0.2) is 0 Å². The molecule has 0 radical (unpaired) electrons. The standard InChI is InChI=1S/C13H19F2NO2/c1-12(2,16)8-13(14,15)10-6-5-9(17-3)7-11(10)18-4/h5-7H,8,16H2,1-4H3. The fourth-order valence-electron chi connectivity index (χ4n) is 1.77. The minimum atomic E-state index is -3.05. The van der Waals surface area contributed by atoms with Gasteiger partial charge in [0, 0.05) is 18.0 Å². The molecule has 102 valence electrons. The molecule has 0 spiro atoms. The van der Waals surface area contributed by atoms with Crippen LogP contribution in [0.2, 0.25) is 0 Å². The molecule has 0 fully saturated rings. The van der Waals surface area contributed by atoms with Crippen molar-refractivity contribution in [3.63, 3.8) is 0 Å². The van der Waals surface area contributed by atoms with Crippen molar-refractivity contribution < 1.29 is 18.3 Å². The highest BCUT2D eigenvalue weighted by molar-refractivity contribution is 5.43. The third-order valence-corrected chi connectivity index (χ3v) is 2.48. The first-order valence-corrected chi connectivity index (χ1v) is 5.59. The van der Waals surface area contributed by atoms with Gasteiger partial charge in [0.1, 0.15) is 11.5 Å². The first kappa shape index (κ1) is 14.7. The van der Waals surface area contributed by atoms with Gasteiger partial charge >= 0.3 is 0 Å². The molecule has 0 unspecified atom stereocenters. The second-order valence-corrected chi connectivity index (χ2v) is 4.94. The van der Waals surface area contributed by atoms with Gasteiger partial charge in [-0.1, -0.05) is 0 Å². The summed E-state index contributed by atoms with van der Waals surface area (Å²) < 4.78 is 38.2. The monoisotopic (exact) mass is 259 g/mol. The molecule has 0 saturated carbocycles. The van der Waals surface area contributed by atoms with E-state index in [-0.39, 0.29) is 11.3 Å². The molecule has 0 aliphatic heterocycles. The van der Waals surface area contributed by atoms with Gasteiger partial charge < -0.3 is 15.2 Å². The van der Waals surface area contributed by atoms with Gasteiger partial charge in [-0.2, -0.15) is 0 Å². The van der Waals surface area contributed by atoms with Crippen molar-refractivity contribution in [3.8, 4) is 11.5 Å². The molecule has 5 heteroatoms. The van der Waals surface area contributed by atoms with Crippen LogP contribution in [0, 0.1) is 0 Å². The van der Waals surface area contributed by atoms with Crippen LogP contribution in [0.1, 0.15) is 25.8 Å². The van der Waals surface area contributed by atoms with Gasteiger partial charge in [0.2, 0.25) is 0 Å². The van der Waals surface area contributed by atoms with Gasteiger partial charge in [0.05, 0.1) is 19.8 Å². The molecule has 1 aromatic carbocycles. The van der Waals surface area contributed by atoms with Gasteiger partial charge in [-0.25, -0.2) is 8.78 Å². The molecule has 2 N–H and O–H groups in total. The zero-order valence-electron chi connectivity index (χ0n) is 11.1. The minimum Gasteiger partial charge on any atom is -0.497 e. The van der Waals surface area contributed by atoms with E-state index < -0.39 is 17.9 Å². The summed E-state index contributed by atoms with van der Waals surface area (Å²) in [7, 11) is 2.82. The Bertz CT molecular complexity index is 414. The summed E-state index contributed by atoms with van der Waals surface area (Å²) in [4.78, 5) is 0. The molecule has 0 bridgehead atoms. The highest BCUT2D eigenvalue weighted by Gasteiger charge is 2.39. The smallest absolute Gasteiger partial charge is 0.278 e. The Labute approximate surface area is 106 Å². The van der Waals surface area contributed by atoms with Crippen LogP contribution in [0.3, 0.4) is 0 Å². The van der Waals surface area contributed by atoms with E-state index in [4.69, 9.17) is 15.2 Å². The summed E-state index contributed by atoms with van der Waals surface area (Å²) >= 11 is 0. The van der Waals surface area contributed by atoms with Crippen LogP contribution in [0.4, 0.5) is 8.78 Å². The molecule has 3 nitrogen and oxygen atoms in total. The Morgan fingerprint density at radius 1 is 1.17 bits per heavy atom. The number of benzene rings is 1. The Hall–Kier alpha value is -1.36. The van der Waals surface area contributed by atoms with Crippen molar-refractivity contribution in [2.24, 2.45) is 5.73 Å². The minimum absolute atomic E-state index is 0.101. The lowest BCUT2D eigenvalue weighted by atomic mass is 9.92. The van der Waals surface area contributed by atoms with E-state index in [2.05, 4.69) is 0 Å². The van der Waals surface area contributed by atoms with Crippen molar-refractivity contribution in [1.29, 1.82) is 0 Å². The lowest BCUT2D eigenvalue weighted by Crippen LogP contribution is -2.38. The highest BCUT2D eigenvalue weighted by Crippen LogP contribution is 2.41. The van der Waals surface area contributed by atoms with Crippen LogP contribution in [-0.2, 0) is 5.92 Å². The van der Waals surface area contributed by atoms with Crippen LogP contribution < -0.4 is 15.2 Å². The maximum absolute atomic E-state index is 14.1. The Balaban J connectivity index is 3.15. The van der Waals surface area contributed by atoms with Crippen LogP contribution in [-0.4, -0.2) is 19.8 Å². The molecule has 0 amide bonds. The van der Waals surface area contributed by atoms with E-state index in [1.54, 1.807) is 13.8 Å². The topological polar surface area (TPSA) is 44.5 Å². The summed E-state index contributed by atoms with van der Waals surface area (Å²) in [5, 5.41) is 0. The van der Waals surface area contributed by atoms with Crippen molar-refractivity contribution >= 4 is 0 Å². The Morgan fingerprint density at radius 2 is 1.78 bits per heavy atom. The molecule has 0 aromatic heterocycles. The average Bonchev–Trinajstić information content (AvgIpc) is 2.24. The molecule has 0 heterocycles. The molecular weight excluding hydrogens is 240 g/mol. The molecule has 0 saturated heterocycles. The Kier molecular flexibility index (Phi) is 4.16. The maximum Gasteiger partial charge on any atom is 0.278 e. The molecule has 1 rings (SSSR count). The molecule has 0 atom stereocenters. The molecule has 18 heavy (non-hydrogen) atoms. The van der Waals surface area contributed by atoms with E-state index >= 15 is 0 Å². The fourth-order valence-corrected chi connectivity index (χ4v) is 1.77. The first-order valence-electron chi connectivity index (χ1n) is 5.59. The molecule has 0 aliphatic carbocycles. The third-order valence-electron chi connectivity index (χ3n) is 2.48. The summed E-state index contributed by atoms with van der Waals surface area (Å²) in [5.74, 6) is -2.47. The maximum atomic E-state index is 14.1. The largest absolute Gasteiger partial charge is 0.497 e. The zero-order chi connectivity index (χ0) is 14.0. The fraction of sp³-hybridized carbons (Fsp3) is 0.538. The molecule has 0 aliphatic rings. The number of alkyl halides is 2. The van der Waals surface area contributed by atoms with Gasteiger partial charge in [-0.15, -0.1) is 0 Å². The van der Waals surface area contributed by atoms with E-state index in [1.165, 1.54) is 32.4 Å². The van der Waals surface area contributed by atoms with Crippen LogP contribution >= 0.6 is 0 Å². The van der Waals surface area contributed by atoms with Gasteiger partial charge in [-0.05, 0) is 26.0 Å². The second kappa shape index (κ2) is 5.10. The normalized spacial score (nSPS) is 12.4. The lowest BCUT2D eigenvalue weighted by molar-refractivity contribution is -0.0314. The van der Waals surface area contributed by atoms with E-state index in [1.807, 2.05) is 0 Å². The number of rotatable bonds is 5. The summed E-state index contributed by atoms with van der Waals surface area (Å²) in [6, 6.07) is 4.23. The van der Waals surface area contributed by atoms with Crippen molar-refractivity contribution in [2.75, 3.05) is 14.2 Å². The predicted molar refractivity (Wildman–Crippen MR) is 66.3 cm³/mol. The highest BCUT2D eigenvalue weighted by atomic mass is 19.3. The van der Waals surface area contributed by atoms with E-state index in [0.29, 0.717) is 5.75 Å². The molecular formula is C13H19F2NO2. The predicted octanol–water partition coefficient (Wildman–Crippen LogP) is 2.92. The number of methoxy groups -OCH3 is 2. The number of nitrogens with two attached hydrogens (primary N) is 1. The second-order valence-electron chi connectivity index (χ2n) is 4.94. The van der Waals surface area contributed by atoms with E-state index in [9.17, 15) is 8.78 Å². The average molecular weight is 259 g/mol. The quantitative estimate of drug-likeness (QED) is 0.884. The van der Waals surface area contributed by atoms with Crippen LogP contribution in [0.25, 0.3) is 0 Å². The summed E-state index contributed by atoms with van der Waals surface area (Å²) in [5.41, 5.74) is 4.52. The number of halogens is 2. The van der Waals surface area contributed by atoms with Crippen molar-refractivity contribution in [2.45, 2.75) is 31.7 Å². The van der Waals surface area contributed by atoms with Crippen LogP contribution in [0.5, 0.6) is 11.5 Å². The number of ether oxygens (including phenoxy) is 2. The number of hydrogen-bond donors (Lipinski definition) is 1. The van der Waals surface area contributed by atoms with Gasteiger partial charge in [0.25, 0.3) is 5.92 Å². The molecule has 1 aromatic rings. The zero-order valence-corrected chi connectivity index (χ0v) is 11.1. The Morgan fingerprint density at radius 3 is 2.22 bits per heavy atom. The SMILES string of the molecule is COc1ccc(C(F)(F)CC(C)(C)N)c(OC)c1. The van der Waals surface area contributed by atoms with Crippen LogP contribution in [0.15, 0.2) is 18.2 Å².